The highest BCUT2D eigenvalue weighted by molar-refractivity contribution is 5.63. The van der Waals surface area contributed by atoms with Crippen molar-refractivity contribution < 1.29 is 4.39 Å². The van der Waals surface area contributed by atoms with Crippen molar-refractivity contribution in [2.45, 2.75) is 13.0 Å². The van der Waals surface area contributed by atoms with Gasteiger partial charge in [-0.05, 0) is 24.1 Å². The maximum atomic E-state index is 14.1. The molecule has 0 spiro atoms. The van der Waals surface area contributed by atoms with Crippen LogP contribution < -0.4 is 5.73 Å². The van der Waals surface area contributed by atoms with Crippen molar-refractivity contribution in [3.63, 3.8) is 0 Å². The van der Waals surface area contributed by atoms with E-state index in [1.807, 2.05) is 12.1 Å². The van der Waals surface area contributed by atoms with Crippen LogP contribution >= 0.6 is 0 Å². The van der Waals surface area contributed by atoms with E-state index < -0.39 is 0 Å². The Hall–Kier alpha value is -2.50. The number of aromatic amines is 1. The highest BCUT2D eigenvalue weighted by atomic mass is 19.1. The van der Waals surface area contributed by atoms with Crippen LogP contribution in [0.15, 0.2) is 60.8 Å². The van der Waals surface area contributed by atoms with Crippen molar-refractivity contribution in [1.29, 1.82) is 0 Å². The van der Waals surface area contributed by atoms with Gasteiger partial charge in [0.2, 0.25) is 0 Å². The summed E-state index contributed by atoms with van der Waals surface area (Å²) < 4.78 is 14.1. The average Bonchev–Trinajstić information content (AvgIpc) is 3.09. The highest BCUT2D eigenvalue weighted by Gasteiger charge is 2.14. The molecule has 0 aliphatic heterocycles. The second-order valence-electron chi connectivity index (χ2n) is 6.05. The number of nitrogens with one attached hydrogen (secondary N) is 1. The number of benzene rings is 2. The molecule has 0 radical (unpaired) electrons. The maximum absolute atomic E-state index is 14.1. The molecule has 0 saturated carbocycles. The van der Waals surface area contributed by atoms with Gasteiger partial charge in [0.1, 0.15) is 5.82 Å². The first-order valence-corrected chi connectivity index (χ1v) is 8.51. The van der Waals surface area contributed by atoms with Crippen LogP contribution in [0.5, 0.6) is 0 Å². The van der Waals surface area contributed by atoms with Gasteiger partial charge in [-0.25, -0.2) is 4.39 Å². The van der Waals surface area contributed by atoms with Gasteiger partial charge in [0.15, 0.2) is 0 Å². The summed E-state index contributed by atoms with van der Waals surface area (Å²) in [5.41, 5.74) is 9.33. The Morgan fingerprint density at radius 3 is 2.52 bits per heavy atom. The Labute approximate surface area is 147 Å². The van der Waals surface area contributed by atoms with Crippen LogP contribution in [0, 0.1) is 5.82 Å². The SMILES string of the molecule is NCCN(CCc1ccccc1)Cc1cn[nH]c1-c1ccccc1F. The summed E-state index contributed by atoms with van der Waals surface area (Å²) in [7, 11) is 0. The first-order chi connectivity index (χ1) is 12.3. The largest absolute Gasteiger partial charge is 0.329 e. The summed E-state index contributed by atoms with van der Waals surface area (Å²) in [5.74, 6) is -0.248. The van der Waals surface area contributed by atoms with Gasteiger partial charge in [0.05, 0.1) is 11.9 Å². The Morgan fingerprint density at radius 2 is 1.76 bits per heavy atom. The van der Waals surface area contributed by atoms with Gasteiger partial charge in [-0.3, -0.25) is 10.00 Å². The predicted molar refractivity (Wildman–Crippen MR) is 98.5 cm³/mol. The highest BCUT2D eigenvalue weighted by Crippen LogP contribution is 2.24. The number of hydrogen-bond donors (Lipinski definition) is 2. The molecule has 0 amide bonds. The number of hydrogen-bond acceptors (Lipinski definition) is 3. The maximum Gasteiger partial charge on any atom is 0.132 e. The van der Waals surface area contributed by atoms with Crippen molar-refractivity contribution >= 4 is 0 Å². The van der Waals surface area contributed by atoms with Crippen LogP contribution in [0.2, 0.25) is 0 Å². The third-order valence-corrected chi connectivity index (χ3v) is 4.26. The van der Waals surface area contributed by atoms with Crippen LogP contribution in [-0.4, -0.2) is 34.7 Å². The zero-order valence-corrected chi connectivity index (χ0v) is 14.2. The summed E-state index contributed by atoms with van der Waals surface area (Å²) in [6.45, 7) is 2.95. The molecule has 0 bridgehead atoms. The molecule has 3 rings (SSSR count). The van der Waals surface area contributed by atoms with Crippen molar-refractivity contribution in [3.8, 4) is 11.3 Å². The molecule has 3 N–H and O–H groups in total. The third kappa shape index (κ3) is 4.53. The third-order valence-electron chi connectivity index (χ3n) is 4.26. The number of halogens is 1. The van der Waals surface area contributed by atoms with Gasteiger partial charge in [0, 0.05) is 37.3 Å². The first-order valence-electron chi connectivity index (χ1n) is 8.51. The number of aromatic nitrogens is 2. The van der Waals surface area contributed by atoms with Gasteiger partial charge in [-0.1, -0.05) is 42.5 Å². The van der Waals surface area contributed by atoms with E-state index in [9.17, 15) is 4.39 Å². The molecular formula is C20H23FN4. The topological polar surface area (TPSA) is 57.9 Å². The van der Waals surface area contributed by atoms with Crippen LogP contribution in [0.3, 0.4) is 0 Å². The molecule has 130 valence electrons. The van der Waals surface area contributed by atoms with E-state index in [2.05, 4.69) is 39.4 Å². The van der Waals surface area contributed by atoms with Gasteiger partial charge >= 0.3 is 0 Å². The van der Waals surface area contributed by atoms with Crippen LogP contribution in [-0.2, 0) is 13.0 Å². The van der Waals surface area contributed by atoms with E-state index in [1.165, 1.54) is 11.6 Å². The minimum absolute atomic E-state index is 0.248. The quantitative estimate of drug-likeness (QED) is 0.663. The molecule has 0 aliphatic carbocycles. The fourth-order valence-corrected chi connectivity index (χ4v) is 2.95. The molecule has 5 heteroatoms. The van der Waals surface area contributed by atoms with Gasteiger partial charge in [-0.2, -0.15) is 5.10 Å². The van der Waals surface area contributed by atoms with E-state index >= 15 is 0 Å². The minimum atomic E-state index is -0.248. The molecule has 1 heterocycles. The van der Waals surface area contributed by atoms with Gasteiger partial charge < -0.3 is 5.73 Å². The Balaban J connectivity index is 1.73. The zero-order chi connectivity index (χ0) is 17.5. The normalized spacial score (nSPS) is 11.2. The lowest BCUT2D eigenvalue weighted by molar-refractivity contribution is 0.277. The molecule has 0 atom stereocenters. The average molecular weight is 338 g/mol. The summed E-state index contributed by atoms with van der Waals surface area (Å²) >= 11 is 0. The minimum Gasteiger partial charge on any atom is -0.329 e. The van der Waals surface area contributed by atoms with E-state index in [0.717, 1.165) is 30.8 Å². The Morgan fingerprint density at radius 1 is 1.00 bits per heavy atom. The summed E-state index contributed by atoms with van der Waals surface area (Å²) in [6, 6.07) is 17.1. The fourth-order valence-electron chi connectivity index (χ4n) is 2.95. The number of H-pyrrole nitrogens is 1. The lowest BCUT2D eigenvalue weighted by Crippen LogP contribution is -2.31. The first kappa shape index (κ1) is 17.3. The summed E-state index contributed by atoms with van der Waals surface area (Å²) in [5, 5.41) is 7.06. The Kier molecular flexibility index (Phi) is 5.93. The van der Waals surface area contributed by atoms with E-state index in [1.54, 1.807) is 18.3 Å². The molecule has 0 aliphatic rings. The monoisotopic (exact) mass is 338 g/mol. The van der Waals surface area contributed by atoms with E-state index in [0.29, 0.717) is 18.7 Å². The summed E-state index contributed by atoms with van der Waals surface area (Å²) in [4.78, 5) is 2.28. The standard InChI is InChI=1S/C20H23FN4/c21-19-9-5-4-8-18(19)20-17(14-23-24-20)15-25(13-11-22)12-10-16-6-2-1-3-7-16/h1-9,14H,10-13,15,22H2,(H,23,24). The van der Waals surface area contributed by atoms with Gasteiger partial charge in [-0.15, -0.1) is 0 Å². The lowest BCUT2D eigenvalue weighted by Gasteiger charge is -2.21. The van der Waals surface area contributed by atoms with Crippen molar-refractivity contribution in [3.05, 3.63) is 77.7 Å². The Bertz CT molecular complexity index is 785. The number of nitrogens with zero attached hydrogens (tertiary/aromatic N) is 2. The van der Waals surface area contributed by atoms with Crippen LogP contribution in [0.25, 0.3) is 11.3 Å². The van der Waals surface area contributed by atoms with Crippen molar-refractivity contribution in [2.75, 3.05) is 19.6 Å². The molecular weight excluding hydrogens is 315 g/mol. The molecule has 3 aromatic rings. The molecule has 0 fully saturated rings. The number of rotatable bonds is 8. The molecule has 1 aromatic heterocycles. The van der Waals surface area contributed by atoms with Crippen LogP contribution in [0.1, 0.15) is 11.1 Å². The molecule has 0 unspecified atom stereocenters. The van der Waals surface area contributed by atoms with E-state index in [-0.39, 0.29) is 5.82 Å². The zero-order valence-electron chi connectivity index (χ0n) is 14.2. The van der Waals surface area contributed by atoms with E-state index in [4.69, 9.17) is 5.73 Å². The van der Waals surface area contributed by atoms with Crippen LogP contribution in [0.4, 0.5) is 4.39 Å². The summed E-state index contributed by atoms with van der Waals surface area (Å²) in [6.07, 6.45) is 2.72. The second-order valence-corrected chi connectivity index (χ2v) is 6.05. The molecule has 25 heavy (non-hydrogen) atoms. The number of nitrogens with two attached hydrogens (primary N) is 1. The lowest BCUT2D eigenvalue weighted by atomic mass is 10.1. The smallest absolute Gasteiger partial charge is 0.132 e. The fraction of sp³-hybridized carbons (Fsp3) is 0.250. The van der Waals surface area contributed by atoms with Gasteiger partial charge in [0.25, 0.3) is 0 Å². The molecule has 2 aromatic carbocycles. The second kappa shape index (κ2) is 8.55. The molecule has 0 saturated heterocycles. The molecule has 4 nitrogen and oxygen atoms in total. The van der Waals surface area contributed by atoms with Crippen molar-refractivity contribution in [2.24, 2.45) is 5.73 Å². The predicted octanol–water partition coefficient (Wildman–Crippen LogP) is 3.22. The van der Waals surface area contributed by atoms with Crippen molar-refractivity contribution in [1.82, 2.24) is 15.1 Å².